The second-order valence-corrected chi connectivity index (χ2v) is 28.2. The number of ketones is 2. The lowest BCUT2D eigenvalue weighted by atomic mass is 10.0. The van der Waals surface area contributed by atoms with Gasteiger partial charge in [-0.3, -0.25) is 27.8 Å². The predicted molar refractivity (Wildman–Crippen MR) is 310 cm³/mol. The maximum atomic E-state index is 13.2. The summed E-state index contributed by atoms with van der Waals surface area (Å²) < 4.78 is 119. The van der Waals surface area contributed by atoms with Crippen molar-refractivity contribution in [3.05, 3.63) is 168 Å². The number of benzene rings is 4. The number of hydrogen-bond donors (Lipinski definition) is 12. The Kier molecular flexibility index (Phi) is 21.4. The predicted octanol–water partition coefficient (Wildman–Crippen LogP) is 2.93. The minimum atomic E-state index is -5.84. The summed E-state index contributed by atoms with van der Waals surface area (Å²) in [5, 5.41) is 22.3. The van der Waals surface area contributed by atoms with Gasteiger partial charge in [0.2, 0.25) is 0 Å². The number of rotatable bonds is 24. The first-order valence-electron chi connectivity index (χ1n) is 26.0. The summed E-state index contributed by atoms with van der Waals surface area (Å²) in [7, 11) is -34.2. The number of carbonyl (C=O) groups is 4. The molecule has 94 heavy (non-hydrogen) atoms. The van der Waals surface area contributed by atoms with E-state index >= 15 is 0 Å². The number of nitrogen functional groups attached to an aromatic ring is 2. The van der Waals surface area contributed by atoms with Gasteiger partial charge < -0.3 is 79.8 Å². The Bertz CT molecular complexity index is 4430. The standard InChI is InChI=1S/2C24H24N5O15P3/c25-21-17-22(27-11-26-21)29(12-28-17)23-19(31)20(16(41-23)10-40-46(36,37)44-47(38,39)43-45(33,34)35)42-24(32)15-8-6-14(7-9-15)18(30)13-4-2-1-3-5-13;25-21-17-22(27-11-26-21)29(12-28-17)23-20(19(31)16(41-23)10-40-46(36,37)44-47(38,39)43-45(33,34)35)42-24(32)15-8-6-14(7-9-15)18(30)13-4-2-1-3-5-13/h2*1-9,11-12,16,19-20,23,31H,10H2,(H,36,37)(H,38,39)(H2,25,26,27)(H2,33,34,35). The van der Waals surface area contributed by atoms with Crippen molar-refractivity contribution in [1.82, 2.24) is 39.0 Å². The highest BCUT2D eigenvalue weighted by Gasteiger charge is 2.52. The van der Waals surface area contributed by atoms with Gasteiger partial charge in [0.1, 0.15) is 48.1 Å². The minimum Gasteiger partial charge on any atom is -0.453 e. The van der Waals surface area contributed by atoms with Crippen LogP contribution in [-0.4, -0.2) is 162 Å². The number of carbonyl (C=O) groups excluding carboxylic acids is 4. The lowest BCUT2D eigenvalue weighted by molar-refractivity contribution is -0.0558. The molecule has 0 bridgehead atoms. The average molecular weight is 1430 g/mol. The topological polar surface area (TPSA) is 605 Å². The summed E-state index contributed by atoms with van der Waals surface area (Å²) in [6, 6.07) is 27.6. The van der Waals surface area contributed by atoms with Gasteiger partial charge in [0.05, 0.1) is 37.0 Å². The third-order valence-corrected chi connectivity index (χ3v) is 20.5. The molecule has 0 saturated carbocycles. The first-order chi connectivity index (χ1) is 44.1. The van der Waals surface area contributed by atoms with E-state index in [1.54, 1.807) is 60.7 Å². The molecule has 2 fully saturated rings. The summed E-state index contributed by atoms with van der Waals surface area (Å²) in [5.41, 5.74) is 13.4. The molecule has 0 spiro atoms. The summed E-state index contributed by atoms with van der Waals surface area (Å²) in [6.07, 6.45) is -8.30. The Hall–Kier alpha value is -7.48. The Morgan fingerprint density at radius 1 is 0.436 bits per heavy atom. The smallest absolute Gasteiger partial charge is 0.453 e. The summed E-state index contributed by atoms with van der Waals surface area (Å²) in [5.74, 6) is -2.64. The van der Waals surface area contributed by atoms with Gasteiger partial charge in [-0.05, 0) is 24.3 Å². The summed E-state index contributed by atoms with van der Waals surface area (Å²) in [4.78, 5) is 149. The molecule has 2 saturated heterocycles. The van der Waals surface area contributed by atoms with E-state index in [-0.39, 0.29) is 67.8 Å². The molecule has 14 N–H and O–H groups in total. The molecule has 40 nitrogen and oxygen atoms in total. The first kappa shape index (κ1) is 70.8. The Balaban J connectivity index is 0.000000221. The van der Waals surface area contributed by atoms with Crippen LogP contribution in [0.1, 0.15) is 65.0 Å². The number of nitrogens with zero attached hydrogens (tertiary/aromatic N) is 8. The van der Waals surface area contributed by atoms with E-state index in [0.717, 1.165) is 12.7 Å². The van der Waals surface area contributed by atoms with Crippen molar-refractivity contribution in [3.63, 3.8) is 0 Å². The molecular weight excluding hydrogens is 1380 g/mol. The molecular formula is C48H48N10O30P6. The maximum absolute atomic E-state index is 13.2. The van der Waals surface area contributed by atoms with Crippen LogP contribution >= 0.6 is 46.9 Å². The van der Waals surface area contributed by atoms with Gasteiger partial charge in [0.25, 0.3) is 0 Å². The van der Waals surface area contributed by atoms with Crippen LogP contribution in [0.2, 0.25) is 0 Å². The number of aliphatic hydroxyl groups is 2. The number of nitrogens with two attached hydrogens (primary N) is 2. The second kappa shape index (κ2) is 28.5. The molecule has 12 unspecified atom stereocenters. The molecule has 4 aromatic carbocycles. The van der Waals surface area contributed by atoms with Crippen molar-refractivity contribution >= 4 is 104 Å². The molecule has 4 aromatic heterocycles. The fourth-order valence-corrected chi connectivity index (χ4v) is 15.0. The number of anilines is 2. The van der Waals surface area contributed by atoms with E-state index in [1.807, 2.05) is 0 Å². The highest BCUT2D eigenvalue weighted by Crippen LogP contribution is 2.67. The zero-order valence-electron chi connectivity index (χ0n) is 46.8. The van der Waals surface area contributed by atoms with Crippen LogP contribution in [0, 0.1) is 0 Å². The molecule has 500 valence electrons. The van der Waals surface area contributed by atoms with E-state index in [0.29, 0.717) is 11.1 Å². The summed E-state index contributed by atoms with van der Waals surface area (Å²) in [6.45, 7) is -2.13. The number of aliphatic hydroxyl groups excluding tert-OH is 2. The van der Waals surface area contributed by atoms with Gasteiger partial charge in [-0.25, -0.2) is 66.9 Å². The van der Waals surface area contributed by atoms with Crippen molar-refractivity contribution in [2.75, 3.05) is 24.7 Å². The number of imidazole rings is 2. The fourth-order valence-electron chi connectivity index (χ4n) is 8.90. The zero-order chi connectivity index (χ0) is 68.3. The van der Waals surface area contributed by atoms with E-state index in [2.05, 4.69) is 56.2 Å². The highest BCUT2D eigenvalue weighted by molar-refractivity contribution is 7.67. The van der Waals surface area contributed by atoms with Gasteiger partial charge in [0.15, 0.2) is 59.2 Å². The molecule has 0 aliphatic carbocycles. The Morgan fingerprint density at radius 3 is 1.21 bits per heavy atom. The van der Waals surface area contributed by atoms with Crippen LogP contribution in [0.4, 0.5) is 11.6 Å². The SMILES string of the molecule is Nc1ncnc2c1ncn2C1OC(COP(=O)(O)OP(=O)(O)OP(=O)(O)O)C(O)C1OC(=O)c1ccc(C(=O)c2ccccc2)cc1.Nc1ncnc2c1ncn2C1OC(COP(=O)(O)OP(=O)(O)OP(=O)(O)O)C(OC(=O)c2ccc(C(=O)c3ccccc3)cc2)C1O. The van der Waals surface area contributed by atoms with Gasteiger partial charge in [-0.2, -0.15) is 17.2 Å². The van der Waals surface area contributed by atoms with Crippen LogP contribution < -0.4 is 11.5 Å². The van der Waals surface area contributed by atoms with E-state index in [4.69, 9.17) is 50.0 Å². The van der Waals surface area contributed by atoms with Gasteiger partial charge in [-0.1, -0.05) is 84.9 Å². The van der Waals surface area contributed by atoms with Crippen molar-refractivity contribution < 1.29 is 141 Å². The van der Waals surface area contributed by atoms with Crippen LogP contribution in [-0.2, 0) is 72.6 Å². The zero-order valence-corrected chi connectivity index (χ0v) is 52.2. The second-order valence-electron chi connectivity index (χ2n) is 19.3. The Labute approximate surface area is 524 Å². The number of esters is 2. The lowest BCUT2D eigenvalue weighted by Crippen LogP contribution is -2.38. The van der Waals surface area contributed by atoms with Crippen LogP contribution in [0.5, 0.6) is 0 Å². The number of ether oxygens (including phenoxy) is 4. The molecule has 46 heteroatoms. The molecule has 8 aromatic rings. The third kappa shape index (κ3) is 17.7. The normalized spacial score (nSPS) is 22.4. The van der Waals surface area contributed by atoms with Crippen molar-refractivity contribution in [2.24, 2.45) is 0 Å². The van der Waals surface area contributed by atoms with Crippen LogP contribution in [0.25, 0.3) is 22.3 Å². The minimum absolute atomic E-state index is 0.0115. The average Bonchev–Trinajstić information content (AvgIpc) is 1.69. The first-order valence-corrected chi connectivity index (χ1v) is 35.0. The number of phosphoric ester groups is 2. The van der Waals surface area contributed by atoms with Crippen molar-refractivity contribution in [3.8, 4) is 0 Å². The molecule has 2 aliphatic rings. The van der Waals surface area contributed by atoms with Crippen LogP contribution in [0.3, 0.4) is 0 Å². The van der Waals surface area contributed by atoms with Crippen LogP contribution in [0.15, 0.2) is 135 Å². The Morgan fingerprint density at radius 2 is 0.798 bits per heavy atom. The van der Waals surface area contributed by atoms with Gasteiger partial charge >= 0.3 is 58.9 Å². The molecule has 2 aliphatic heterocycles. The van der Waals surface area contributed by atoms with Crippen molar-refractivity contribution in [2.45, 2.75) is 49.1 Å². The third-order valence-electron chi connectivity index (χ3n) is 12.9. The van der Waals surface area contributed by atoms with E-state index < -0.39 is 121 Å². The molecule has 0 radical (unpaired) electrons. The van der Waals surface area contributed by atoms with E-state index in [9.17, 15) is 76.4 Å². The fraction of sp³-hybridized carbons (Fsp3) is 0.208. The lowest BCUT2D eigenvalue weighted by Gasteiger charge is -2.22. The maximum Gasteiger partial charge on any atom is 0.490 e. The van der Waals surface area contributed by atoms with Crippen molar-refractivity contribution in [1.29, 1.82) is 0 Å². The molecule has 12 atom stereocenters. The van der Waals surface area contributed by atoms with Gasteiger partial charge in [0, 0.05) is 22.3 Å². The number of aromatic nitrogens is 8. The monoisotopic (exact) mass is 1430 g/mol. The number of fused-ring (bicyclic) bond motifs is 2. The number of hydrogen-bond acceptors (Lipinski definition) is 30. The van der Waals surface area contributed by atoms with E-state index in [1.165, 1.54) is 70.3 Å². The van der Waals surface area contributed by atoms with Gasteiger partial charge in [-0.15, -0.1) is 0 Å². The molecule has 10 rings (SSSR count). The molecule has 0 amide bonds. The highest BCUT2D eigenvalue weighted by atomic mass is 31.3. The largest absolute Gasteiger partial charge is 0.490 e. The summed E-state index contributed by atoms with van der Waals surface area (Å²) >= 11 is 0. The quantitative estimate of drug-likeness (QED) is 0.0235. The molecule has 6 heterocycles. The number of phosphoric acid groups is 6.